The van der Waals surface area contributed by atoms with Crippen LogP contribution in [0.15, 0.2) is 35.7 Å². The number of thiophene rings is 1. The van der Waals surface area contributed by atoms with Gasteiger partial charge >= 0.3 is 0 Å². The number of nitrogens with one attached hydrogen (secondary N) is 1. The second kappa shape index (κ2) is 6.80. The minimum atomic E-state index is -1.76. The first-order valence-corrected chi connectivity index (χ1v) is 8.26. The summed E-state index contributed by atoms with van der Waals surface area (Å²) in [6.45, 7) is 0.876. The summed E-state index contributed by atoms with van der Waals surface area (Å²) in [7, 11) is 0. The van der Waals surface area contributed by atoms with Crippen LogP contribution < -0.4 is 11.1 Å². The van der Waals surface area contributed by atoms with E-state index in [1.807, 2.05) is 17.5 Å². The Morgan fingerprint density at radius 1 is 1.04 bits per heavy atom. The van der Waals surface area contributed by atoms with Crippen LogP contribution in [0.3, 0.4) is 0 Å². The molecule has 0 bridgehead atoms. The van der Waals surface area contributed by atoms with Gasteiger partial charge in [-0.2, -0.15) is 0 Å². The molecular weight excluding hydrogens is 368 g/mol. The van der Waals surface area contributed by atoms with Gasteiger partial charge < -0.3 is 11.1 Å². The summed E-state index contributed by atoms with van der Waals surface area (Å²) in [5.41, 5.74) is 4.52. The highest BCUT2D eigenvalue weighted by molar-refractivity contribution is 7.13. The molecule has 1 heterocycles. The lowest BCUT2D eigenvalue weighted by atomic mass is 10.1. The number of benzene rings is 2. The van der Waals surface area contributed by atoms with E-state index < -0.39 is 40.3 Å². The molecule has 3 aromatic rings. The van der Waals surface area contributed by atoms with Crippen LogP contribution in [0.4, 0.5) is 28.9 Å². The second-order valence-electron chi connectivity index (χ2n) is 5.49. The second-order valence-corrected chi connectivity index (χ2v) is 6.44. The number of nitrogen functional groups attached to an aromatic ring is 1. The van der Waals surface area contributed by atoms with Crippen LogP contribution >= 0.6 is 11.3 Å². The Morgan fingerprint density at radius 3 is 2.27 bits per heavy atom. The number of hydrogen-bond donors (Lipinski definition) is 2. The van der Waals surface area contributed by atoms with E-state index in [1.54, 1.807) is 6.07 Å². The zero-order valence-corrected chi connectivity index (χ0v) is 14.2. The first-order valence-electron chi connectivity index (χ1n) is 7.38. The summed E-state index contributed by atoms with van der Waals surface area (Å²) in [6, 6.07) is 8.40. The van der Waals surface area contributed by atoms with E-state index in [2.05, 4.69) is 5.32 Å². The maximum absolute atomic E-state index is 14.0. The third-order valence-electron chi connectivity index (χ3n) is 3.82. The van der Waals surface area contributed by atoms with Gasteiger partial charge in [0, 0.05) is 10.4 Å². The Morgan fingerprint density at radius 2 is 1.69 bits per heavy atom. The molecule has 3 nitrogen and oxygen atoms in total. The molecule has 1 aromatic heterocycles. The van der Waals surface area contributed by atoms with Gasteiger partial charge in [-0.25, -0.2) is 17.6 Å². The third-order valence-corrected chi connectivity index (χ3v) is 4.74. The number of rotatable bonds is 3. The summed E-state index contributed by atoms with van der Waals surface area (Å²) >= 11 is 1.44. The zero-order chi connectivity index (χ0) is 19.0. The number of carbonyl (C=O) groups excluding carboxylic acids is 1. The van der Waals surface area contributed by atoms with Crippen LogP contribution in [0.5, 0.6) is 0 Å². The molecule has 0 aliphatic carbocycles. The quantitative estimate of drug-likeness (QED) is 0.377. The monoisotopic (exact) mass is 380 g/mol. The SMILES string of the molecule is Cc1c(F)c(F)c(C(=O)Nc2cc(-c3cccs3)ccc2N)c(F)c1F. The largest absolute Gasteiger partial charge is 0.397 e. The molecular formula is C18H12F4N2OS. The molecule has 3 rings (SSSR count). The van der Waals surface area contributed by atoms with Gasteiger partial charge in [0.1, 0.15) is 5.56 Å². The lowest BCUT2D eigenvalue weighted by Crippen LogP contribution is -2.19. The summed E-state index contributed by atoms with van der Waals surface area (Å²) in [6.07, 6.45) is 0. The molecule has 0 fully saturated rings. The van der Waals surface area contributed by atoms with Gasteiger partial charge in [-0.1, -0.05) is 12.1 Å². The predicted molar refractivity (Wildman–Crippen MR) is 93.1 cm³/mol. The molecule has 0 saturated carbocycles. The highest BCUT2D eigenvalue weighted by Crippen LogP contribution is 2.31. The van der Waals surface area contributed by atoms with Crippen molar-refractivity contribution in [1.29, 1.82) is 0 Å². The maximum Gasteiger partial charge on any atom is 0.261 e. The number of amides is 1. The maximum atomic E-state index is 14.0. The zero-order valence-electron chi connectivity index (χ0n) is 13.4. The number of carbonyl (C=O) groups is 1. The highest BCUT2D eigenvalue weighted by Gasteiger charge is 2.28. The molecule has 0 spiro atoms. The van der Waals surface area contributed by atoms with Crippen LogP contribution in [0.25, 0.3) is 10.4 Å². The van der Waals surface area contributed by atoms with E-state index >= 15 is 0 Å². The molecule has 0 radical (unpaired) electrons. The van der Waals surface area contributed by atoms with Crippen molar-refractivity contribution in [2.45, 2.75) is 6.92 Å². The van der Waals surface area contributed by atoms with Gasteiger partial charge in [0.25, 0.3) is 5.91 Å². The van der Waals surface area contributed by atoms with Crippen molar-refractivity contribution in [1.82, 2.24) is 0 Å². The molecule has 0 atom stereocenters. The van der Waals surface area contributed by atoms with Gasteiger partial charge in [0.15, 0.2) is 23.3 Å². The Kier molecular flexibility index (Phi) is 4.69. The normalized spacial score (nSPS) is 10.8. The third kappa shape index (κ3) is 3.03. The average Bonchev–Trinajstić information content (AvgIpc) is 3.15. The fourth-order valence-corrected chi connectivity index (χ4v) is 3.11. The fourth-order valence-electron chi connectivity index (χ4n) is 2.39. The van der Waals surface area contributed by atoms with E-state index in [0.29, 0.717) is 5.56 Å². The highest BCUT2D eigenvalue weighted by atomic mass is 32.1. The van der Waals surface area contributed by atoms with Crippen LogP contribution in [0.1, 0.15) is 15.9 Å². The summed E-state index contributed by atoms with van der Waals surface area (Å²) < 4.78 is 55.3. The van der Waals surface area contributed by atoms with Gasteiger partial charge in [-0.05, 0) is 36.1 Å². The van der Waals surface area contributed by atoms with Crippen molar-refractivity contribution in [3.63, 3.8) is 0 Å². The van der Waals surface area contributed by atoms with Crippen LogP contribution in [-0.4, -0.2) is 5.91 Å². The number of nitrogens with two attached hydrogens (primary N) is 1. The van der Waals surface area contributed by atoms with Gasteiger partial charge in [-0.3, -0.25) is 4.79 Å². The lowest BCUT2D eigenvalue weighted by molar-refractivity contribution is 0.101. The molecule has 0 aliphatic heterocycles. The minimum Gasteiger partial charge on any atom is -0.397 e. The Balaban J connectivity index is 2.01. The van der Waals surface area contributed by atoms with Crippen molar-refractivity contribution in [2.75, 3.05) is 11.1 Å². The molecule has 2 aromatic carbocycles. The first-order chi connectivity index (χ1) is 12.3. The molecule has 0 aliphatic rings. The van der Waals surface area contributed by atoms with Crippen molar-refractivity contribution in [3.05, 3.63) is 70.1 Å². The van der Waals surface area contributed by atoms with Crippen molar-refractivity contribution in [2.24, 2.45) is 0 Å². The van der Waals surface area contributed by atoms with E-state index in [0.717, 1.165) is 11.8 Å². The standard InChI is InChI=1S/C18H12F4N2OS/c1-8-14(19)16(21)13(17(22)15(8)20)18(25)24-11-7-9(4-5-10(11)23)12-3-2-6-26-12/h2-7H,23H2,1H3,(H,24,25). The summed E-state index contributed by atoms with van der Waals surface area (Å²) in [4.78, 5) is 13.1. The predicted octanol–water partition coefficient (Wildman–Crippen LogP) is 5.11. The van der Waals surface area contributed by atoms with E-state index in [4.69, 9.17) is 5.73 Å². The van der Waals surface area contributed by atoms with E-state index in [-0.39, 0.29) is 11.4 Å². The summed E-state index contributed by atoms with van der Waals surface area (Å²) in [5.74, 6) is -8.09. The van der Waals surface area contributed by atoms with Crippen molar-refractivity contribution < 1.29 is 22.4 Å². The molecule has 26 heavy (non-hydrogen) atoms. The smallest absolute Gasteiger partial charge is 0.261 e. The average molecular weight is 380 g/mol. The molecule has 0 saturated heterocycles. The first kappa shape index (κ1) is 17.9. The molecule has 3 N–H and O–H groups in total. The Labute approximate surface area is 150 Å². The van der Waals surface area contributed by atoms with Crippen LogP contribution in [0, 0.1) is 30.2 Å². The number of hydrogen-bond acceptors (Lipinski definition) is 3. The van der Waals surface area contributed by atoms with E-state index in [9.17, 15) is 22.4 Å². The topological polar surface area (TPSA) is 55.1 Å². The fraction of sp³-hybridized carbons (Fsp3) is 0.0556. The lowest BCUT2D eigenvalue weighted by Gasteiger charge is -2.12. The molecule has 0 unspecified atom stereocenters. The Bertz CT molecular complexity index is 974. The van der Waals surface area contributed by atoms with Crippen molar-refractivity contribution >= 4 is 28.6 Å². The molecule has 134 valence electrons. The number of halogens is 4. The van der Waals surface area contributed by atoms with Crippen molar-refractivity contribution in [3.8, 4) is 10.4 Å². The molecule has 1 amide bonds. The Hall–Kier alpha value is -2.87. The summed E-state index contributed by atoms with van der Waals surface area (Å²) in [5, 5.41) is 4.07. The van der Waals surface area contributed by atoms with Gasteiger partial charge in [0.05, 0.1) is 11.4 Å². The van der Waals surface area contributed by atoms with Crippen LogP contribution in [-0.2, 0) is 0 Å². The van der Waals surface area contributed by atoms with Crippen LogP contribution in [0.2, 0.25) is 0 Å². The minimum absolute atomic E-state index is 0.0705. The van der Waals surface area contributed by atoms with E-state index in [1.165, 1.54) is 23.5 Å². The molecule has 8 heteroatoms. The van der Waals surface area contributed by atoms with Gasteiger partial charge in [0.2, 0.25) is 0 Å². The number of anilines is 2. The van der Waals surface area contributed by atoms with Gasteiger partial charge in [-0.15, -0.1) is 11.3 Å².